The zero-order valence-corrected chi connectivity index (χ0v) is 30.4. The van der Waals surface area contributed by atoms with E-state index < -0.39 is 83.4 Å². The fraction of sp³-hybridized carbons (Fsp3) is 0.629. The minimum atomic E-state index is -1.47. The lowest BCUT2D eigenvalue weighted by atomic mass is 9.98. The highest BCUT2D eigenvalue weighted by Crippen LogP contribution is 2.16. The number of hydrogen-bond acceptors (Lipinski definition) is 10. The van der Waals surface area contributed by atoms with E-state index in [9.17, 15) is 28.8 Å². The topological polar surface area (TPSA) is 205 Å². The third-order valence-electron chi connectivity index (χ3n) is 7.14. The number of ether oxygens (including phenoxy) is 2. The van der Waals surface area contributed by atoms with Crippen molar-refractivity contribution in [1.29, 1.82) is 5.26 Å². The summed E-state index contributed by atoms with van der Waals surface area (Å²) in [5.74, 6) is -4.61. The molecule has 6 atom stereocenters. The first-order chi connectivity index (χ1) is 22.7. The maximum atomic E-state index is 13.6. The first kappa shape index (κ1) is 42.5. The second-order valence-corrected chi connectivity index (χ2v) is 14.0. The average molecular weight is 687 g/mol. The Morgan fingerprint density at radius 3 is 1.80 bits per heavy atom. The standard InChI is InChI=1S/C35H54N6O8/c1-11-21(2)28(33(47)49-35(8,9)10)41-32(46)26(20-27(42)48-34(5,6)7)40-30(44)23(4)38-31(45)25(19-24-15-13-12-14-16-24)39-29(43)22(3)37-18-17-36/h12-16,21-23,25-26,28,37H,11,18-20H2,1-10H3,(H,38,45)(H,39,43)(H,40,44)(H,41,46)/t21?,22-,23-,25-,26-,28-/m0/s1. The number of benzene rings is 1. The van der Waals surface area contributed by atoms with Gasteiger partial charge in [-0.1, -0.05) is 50.6 Å². The zero-order chi connectivity index (χ0) is 37.5. The van der Waals surface area contributed by atoms with Crippen molar-refractivity contribution in [2.45, 2.75) is 130 Å². The van der Waals surface area contributed by atoms with Gasteiger partial charge in [-0.2, -0.15) is 5.26 Å². The molecule has 1 rings (SSSR count). The van der Waals surface area contributed by atoms with Gasteiger partial charge in [-0.05, 0) is 66.9 Å². The Balaban J connectivity index is 3.23. The Bertz CT molecular complexity index is 1330. The van der Waals surface area contributed by atoms with Gasteiger partial charge in [0, 0.05) is 6.42 Å². The molecule has 0 saturated heterocycles. The van der Waals surface area contributed by atoms with Crippen molar-refractivity contribution < 1.29 is 38.2 Å². The molecule has 4 amide bonds. The number of carbonyl (C=O) groups is 6. The molecule has 0 radical (unpaired) electrons. The highest BCUT2D eigenvalue weighted by Gasteiger charge is 2.35. The van der Waals surface area contributed by atoms with Crippen molar-refractivity contribution in [2.24, 2.45) is 5.92 Å². The first-order valence-electron chi connectivity index (χ1n) is 16.5. The SMILES string of the molecule is CCC(C)[C@H](NC(=O)[C@H](CC(=O)OC(C)(C)C)NC(=O)[C@H](C)NC(=O)[C@H](Cc1ccccc1)NC(=O)[C@H](C)NCC#N)C(=O)OC(C)(C)C. The summed E-state index contributed by atoms with van der Waals surface area (Å²) in [7, 11) is 0. The third kappa shape index (κ3) is 16.4. The van der Waals surface area contributed by atoms with Gasteiger partial charge in [-0.15, -0.1) is 0 Å². The van der Waals surface area contributed by atoms with Gasteiger partial charge in [0.05, 0.1) is 25.1 Å². The molecular formula is C35H54N6O8. The molecule has 0 heterocycles. The van der Waals surface area contributed by atoms with Crippen LogP contribution in [0.2, 0.25) is 0 Å². The molecule has 0 spiro atoms. The summed E-state index contributed by atoms with van der Waals surface area (Å²) in [5, 5.41) is 22.0. The lowest BCUT2D eigenvalue weighted by molar-refractivity contribution is -0.160. The van der Waals surface area contributed by atoms with Gasteiger partial charge < -0.3 is 30.7 Å². The van der Waals surface area contributed by atoms with Crippen LogP contribution < -0.4 is 26.6 Å². The van der Waals surface area contributed by atoms with Crippen LogP contribution in [0.1, 0.15) is 87.6 Å². The van der Waals surface area contributed by atoms with E-state index in [-0.39, 0.29) is 18.9 Å². The van der Waals surface area contributed by atoms with E-state index in [2.05, 4.69) is 26.6 Å². The molecule has 0 aliphatic carbocycles. The molecule has 0 aliphatic heterocycles. The average Bonchev–Trinajstić information content (AvgIpc) is 2.99. The Labute approximate surface area is 289 Å². The van der Waals surface area contributed by atoms with Crippen LogP contribution in [0.3, 0.4) is 0 Å². The monoisotopic (exact) mass is 686 g/mol. The Morgan fingerprint density at radius 2 is 1.27 bits per heavy atom. The molecule has 49 heavy (non-hydrogen) atoms. The number of carbonyl (C=O) groups excluding carboxylic acids is 6. The van der Waals surface area contributed by atoms with Gasteiger partial charge in [0.1, 0.15) is 35.4 Å². The van der Waals surface area contributed by atoms with Crippen molar-refractivity contribution in [3.8, 4) is 6.07 Å². The van der Waals surface area contributed by atoms with Gasteiger partial charge in [0.25, 0.3) is 0 Å². The van der Waals surface area contributed by atoms with Crippen molar-refractivity contribution >= 4 is 35.6 Å². The van der Waals surface area contributed by atoms with Crippen LogP contribution >= 0.6 is 0 Å². The summed E-state index contributed by atoms with van der Waals surface area (Å²) in [6, 6.07) is 5.19. The molecule has 14 nitrogen and oxygen atoms in total. The fourth-order valence-corrected chi connectivity index (χ4v) is 4.37. The van der Waals surface area contributed by atoms with Crippen LogP contribution in [-0.2, 0) is 44.7 Å². The van der Waals surface area contributed by atoms with Gasteiger partial charge in [-0.25, -0.2) is 4.79 Å². The molecule has 1 aromatic carbocycles. The molecular weight excluding hydrogens is 632 g/mol. The molecule has 0 bridgehead atoms. The summed E-state index contributed by atoms with van der Waals surface area (Å²) in [6.45, 7) is 16.5. The van der Waals surface area contributed by atoms with Crippen LogP contribution in [-0.4, -0.2) is 83.5 Å². The summed E-state index contributed by atoms with van der Waals surface area (Å²) in [5.41, 5.74) is -0.958. The van der Waals surface area contributed by atoms with Gasteiger partial charge in [0.15, 0.2) is 0 Å². The number of rotatable bonds is 17. The molecule has 0 aliphatic rings. The number of nitrogens with zero attached hydrogens (tertiary/aromatic N) is 1. The normalized spacial score (nSPS) is 15.1. The van der Waals surface area contributed by atoms with E-state index in [0.717, 1.165) is 5.56 Å². The molecule has 0 fully saturated rings. The quantitative estimate of drug-likeness (QED) is 0.119. The maximum Gasteiger partial charge on any atom is 0.329 e. The maximum absolute atomic E-state index is 13.6. The number of amides is 4. The number of hydrogen-bond donors (Lipinski definition) is 5. The van der Waals surface area contributed by atoms with Crippen LogP contribution in [0.5, 0.6) is 0 Å². The van der Waals surface area contributed by atoms with Crippen LogP contribution in [0.4, 0.5) is 0 Å². The third-order valence-corrected chi connectivity index (χ3v) is 7.14. The van der Waals surface area contributed by atoms with Gasteiger partial charge in [-0.3, -0.25) is 29.3 Å². The Morgan fingerprint density at radius 1 is 0.735 bits per heavy atom. The van der Waals surface area contributed by atoms with E-state index in [1.807, 2.05) is 13.0 Å². The van der Waals surface area contributed by atoms with Gasteiger partial charge in [0.2, 0.25) is 23.6 Å². The predicted molar refractivity (Wildman–Crippen MR) is 182 cm³/mol. The summed E-state index contributed by atoms with van der Waals surface area (Å²) >= 11 is 0. The molecule has 1 aromatic rings. The summed E-state index contributed by atoms with van der Waals surface area (Å²) in [4.78, 5) is 79.1. The van der Waals surface area contributed by atoms with Gasteiger partial charge >= 0.3 is 11.9 Å². The first-order valence-corrected chi connectivity index (χ1v) is 16.5. The van der Waals surface area contributed by atoms with Crippen LogP contribution in [0.15, 0.2) is 30.3 Å². The number of nitriles is 1. The van der Waals surface area contributed by atoms with Crippen molar-refractivity contribution in [3.63, 3.8) is 0 Å². The largest absolute Gasteiger partial charge is 0.460 e. The van der Waals surface area contributed by atoms with E-state index in [1.165, 1.54) is 6.92 Å². The van der Waals surface area contributed by atoms with Crippen molar-refractivity contribution in [3.05, 3.63) is 35.9 Å². The summed E-state index contributed by atoms with van der Waals surface area (Å²) < 4.78 is 10.9. The van der Waals surface area contributed by atoms with Crippen LogP contribution in [0.25, 0.3) is 0 Å². The van der Waals surface area contributed by atoms with Crippen LogP contribution in [0, 0.1) is 17.2 Å². The number of esters is 2. The zero-order valence-electron chi connectivity index (χ0n) is 30.4. The molecule has 272 valence electrons. The number of nitrogens with one attached hydrogen (secondary N) is 5. The molecule has 5 N–H and O–H groups in total. The van der Waals surface area contributed by atoms with E-state index in [1.54, 1.807) is 85.7 Å². The highest BCUT2D eigenvalue weighted by molar-refractivity contribution is 5.96. The molecule has 14 heteroatoms. The van der Waals surface area contributed by atoms with E-state index in [4.69, 9.17) is 14.7 Å². The molecule has 0 aromatic heterocycles. The minimum Gasteiger partial charge on any atom is -0.460 e. The Hall–Kier alpha value is -4.51. The molecule has 0 saturated carbocycles. The second kappa shape index (κ2) is 19.5. The fourth-order valence-electron chi connectivity index (χ4n) is 4.37. The molecule has 1 unspecified atom stereocenters. The highest BCUT2D eigenvalue weighted by atomic mass is 16.6. The summed E-state index contributed by atoms with van der Waals surface area (Å²) in [6.07, 6.45) is 0.0601. The lowest BCUT2D eigenvalue weighted by Crippen LogP contribution is -2.59. The van der Waals surface area contributed by atoms with E-state index in [0.29, 0.717) is 6.42 Å². The second-order valence-electron chi connectivity index (χ2n) is 14.0. The van der Waals surface area contributed by atoms with E-state index >= 15 is 0 Å². The van der Waals surface area contributed by atoms with Crippen molar-refractivity contribution in [1.82, 2.24) is 26.6 Å². The van der Waals surface area contributed by atoms with Crippen molar-refractivity contribution in [2.75, 3.05) is 6.54 Å². The predicted octanol–water partition coefficient (Wildman–Crippen LogP) is 1.81. The minimum absolute atomic E-state index is 0.0741. The smallest absolute Gasteiger partial charge is 0.329 e. The lowest BCUT2D eigenvalue weighted by Gasteiger charge is -2.29. The Kier molecular flexibility index (Phi) is 16.9.